The van der Waals surface area contributed by atoms with Crippen molar-refractivity contribution < 1.29 is 0 Å². The van der Waals surface area contributed by atoms with Gasteiger partial charge in [0.2, 0.25) is 0 Å². The third kappa shape index (κ3) is 1.87. The molecule has 0 saturated carbocycles. The van der Waals surface area contributed by atoms with Crippen LogP contribution in [0, 0.1) is 13.8 Å². The Balaban J connectivity index is 3.05. The average molecular weight is 148 g/mol. The Kier molecular flexibility index (Phi) is 2.36. The molecular weight excluding hydrogens is 136 g/mol. The molecule has 0 aliphatic carbocycles. The third-order valence-electron chi connectivity index (χ3n) is 1.56. The summed E-state index contributed by atoms with van der Waals surface area (Å²) in [5.41, 5.74) is 2.19. The topological polar surface area (TPSA) is 25.8 Å². The van der Waals surface area contributed by atoms with E-state index in [1.807, 2.05) is 39.1 Å². The highest BCUT2D eigenvalue weighted by Crippen LogP contribution is 2.02. The van der Waals surface area contributed by atoms with Crippen molar-refractivity contribution in [2.45, 2.75) is 20.8 Å². The molecule has 0 radical (unpaired) electrons. The summed E-state index contributed by atoms with van der Waals surface area (Å²) in [7, 11) is 0. The van der Waals surface area contributed by atoms with Gasteiger partial charge in [0.25, 0.3) is 0 Å². The summed E-state index contributed by atoms with van der Waals surface area (Å²) in [6, 6.07) is 0. The summed E-state index contributed by atoms with van der Waals surface area (Å²) in [5, 5.41) is 0. The second kappa shape index (κ2) is 3.28. The molecule has 0 saturated heterocycles. The molecule has 0 spiro atoms. The van der Waals surface area contributed by atoms with Gasteiger partial charge >= 0.3 is 0 Å². The summed E-state index contributed by atoms with van der Waals surface area (Å²) in [5.74, 6) is 0.788. The average Bonchev–Trinajstić information content (AvgIpc) is 1.98. The van der Waals surface area contributed by atoms with Gasteiger partial charge in [-0.25, -0.2) is 9.97 Å². The van der Waals surface area contributed by atoms with E-state index >= 15 is 0 Å². The van der Waals surface area contributed by atoms with Crippen LogP contribution < -0.4 is 0 Å². The van der Waals surface area contributed by atoms with Crippen molar-refractivity contribution in [1.82, 2.24) is 9.97 Å². The van der Waals surface area contributed by atoms with Gasteiger partial charge in [0.15, 0.2) is 5.82 Å². The largest absolute Gasteiger partial charge is 0.237 e. The third-order valence-corrected chi connectivity index (χ3v) is 1.56. The molecule has 1 aromatic heterocycles. The summed E-state index contributed by atoms with van der Waals surface area (Å²) >= 11 is 0. The lowest BCUT2D eigenvalue weighted by atomic mass is 10.3. The first-order chi connectivity index (χ1) is 5.24. The second-order valence-electron chi connectivity index (χ2n) is 2.50. The number of hydrogen-bond donors (Lipinski definition) is 0. The lowest BCUT2D eigenvalue weighted by molar-refractivity contribution is 1.04. The fraction of sp³-hybridized carbons (Fsp3) is 0.333. The van der Waals surface area contributed by atoms with E-state index in [9.17, 15) is 0 Å². The van der Waals surface area contributed by atoms with Crippen LogP contribution in [0.2, 0.25) is 0 Å². The molecule has 0 N–H and O–H groups in total. The molecule has 0 aliphatic rings. The highest BCUT2D eigenvalue weighted by atomic mass is 14.9. The number of hydrogen-bond acceptors (Lipinski definition) is 2. The van der Waals surface area contributed by atoms with Crippen molar-refractivity contribution in [2.24, 2.45) is 0 Å². The van der Waals surface area contributed by atoms with Gasteiger partial charge in [-0.15, -0.1) is 0 Å². The lowest BCUT2D eigenvalue weighted by Gasteiger charge is -1.97. The number of nitrogens with zero attached hydrogens (tertiary/aromatic N) is 2. The molecule has 58 valence electrons. The van der Waals surface area contributed by atoms with E-state index in [-0.39, 0.29) is 0 Å². The Hall–Kier alpha value is -1.18. The molecule has 0 atom stereocenters. The maximum atomic E-state index is 4.26. The van der Waals surface area contributed by atoms with Crippen LogP contribution in [0.25, 0.3) is 6.08 Å². The smallest absolute Gasteiger partial charge is 0.151 e. The van der Waals surface area contributed by atoms with Gasteiger partial charge in [0.05, 0.1) is 0 Å². The van der Waals surface area contributed by atoms with E-state index in [0.29, 0.717) is 0 Å². The highest BCUT2D eigenvalue weighted by molar-refractivity contribution is 5.39. The number of rotatable bonds is 1. The standard InChI is InChI=1S/C9H12N2/c1-4-5-9-10-6-7(2)8(3)11-9/h4-6H,1-3H3/b5-4+. The van der Waals surface area contributed by atoms with Crippen molar-refractivity contribution in [3.63, 3.8) is 0 Å². The van der Waals surface area contributed by atoms with E-state index < -0.39 is 0 Å². The van der Waals surface area contributed by atoms with Crippen LogP contribution in [0.5, 0.6) is 0 Å². The summed E-state index contributed by atoms with van der Waals surface area (Å²) in [4.78, 5) is 8.40. The molecule has 1 heterocycles. The van der Waals surface area contributed by atoms with Crippen LogP contribution in [0.15, 0.2) is 12.3 Å². The quantitative estimate of drug-likeness (QED) is 0.609. The minimum atomic E-state index is 0.788. The number of aromatic nitrogens is 2. The SMILES string of the molecule is C/C=C/c1ncc(C)c(C)n1. The predicted molar refractivity (Wildman–Crippen MR) is 46.2 cm³/mol. The maximum Gasteiger partial charge on any atom is 0.151 e. The minimum Gasteiger partial charge on any atom is -0.237 e. The van der Waals surface area contributed by atoms with E-state index in [4.69, 9.17) is 0 Å². The Morgan fingerprint density at radius 2 is 2.09 bits per heavy atom. The summed E-state index contributed by atoms with van der Waals surface area (Å²) in [6.45, 7) is 5.96. The highest BCUT2D eigenvalue weighted by Gasteiger charge is 1.94. The zero-order valence-corrected chi connectivity index (χ0v) is 7.13. The Morgan fingerprint density at radius 1 is 1.36 bits per heavy atom. The Morgan fingerprint density at radius 3 is 2.64 bits per heavy atom. The molecule has 0 fully saturated rings. The molecule has 1 aromatic rings. The summed E-state index contributed by atoms with van der Waals surface area (Å²) in [6.07, 6.45) is 5.67. The van der Waals surface area contributed by atoms with Gasteiger partial charge in [-0.2, -0.15) is 0 Å². The fourth-order valence-electron chi connectivity index (χ4n) is 0.775. The zero-order valence-electron chi connectivity index (χ0n) is 7.13. The molecule has 0 aliphatic heterocycles. The van der Waals surface area contributed by atoms with Crippen molar-refractivity contribution in [2.75, 3.05) is 0 Å². The Bertz CT molecular complexity index is 277. The molecule has 0 bridgehead atoms. The van der Waals surface area contributed by atoms with E-state index in [0.717, 1.165) is 17.1 Å². The first-order valence-corrected chi connectivity index (χ1v) is 3.67. The lowest BCUT2D eigenvalue weighted by Crippen LogP contribution is -1.92. The maximum absolute atomic E-state index is 4.26. The second-order valence-corrected chi connectivity index (χ2v) is 2.50. The fourth-order valence-corrected chi connectivity index (χ4v) is 0.775. The molecule has 2 heteroatoms. The molecule has 0 aromatic carbocycles. The van der Waals surface area contributed by atoms with Crippen molar-refractivity contribution >= 4 is 6.08 Å². The minimum absolute atomic E-state index is 0.788. The van der Waals surface area contributed by atoms with E-state index in [2.05, 4.69) is 9.97 Å². The normalized spacial score (nSPS) is 10.8. The van der Waals surface area contributed by atoms with Crippen LogP contribution in [0.4, 0.5) is 0 Å². The van der Waals surface area contributed by atoms with E-state index in [1.54, 1.807) is 0 Å². The monoisotopic (exact) mass is 148 g/mol. The first-order valence-electron chi connectivity index (χ1n) is 3.67. The molecule has 0 unspecified atom stereocenters. The molecular formula is C9H12N2. The van der Waals surface area contributed by atoms with Crippen molar-refractivity contribution in [3.8, 4) is 0 Å². The molecule has 11 heavy (non-hydrogen) atoms. The van der Waals surface area contributed by atoms with Gasteiger partial charge < -0.3 is 0 Å². The predicted octanol–water partition coefficient (Wildman–Crippen LogP) is 2.13. The van der Waals surface area contributed by atoms with Gasteiger partial charge in [0.1, 0.15) is 0 Å². The van der Waals surface area contributed by atoms with Crippen LogP contribution in [0.3, 0.4) is 0 Å². The van der Waals surface area contributed by atoms with Gasteiger partial charge in [-0.1, -0.05) is 6.08 Å². The van der Waals surface area contributed by atoms with Crippen LogP contribution in [-0.4, -0.2) is 9.97 Å². The van der Waals surface area contributed by atoms with Crippen molar-refractivity contribution in [1.29, 1.82) is 0 Å². The molecule has 2 nitrogen and oxygen atoms in total. The Labute approximate surface area is 67.0 Å². The van der Waals surface area contributed by atoms with Crippen molar-refractivity contribution in [3.05, 3.63) is 29.4 Å². The summed E-state index contributed by atoms with van der Waals surface area (Å²) < 4.78 is 0. The van der Waals surface area contributed by atoms with Gasteiger partial charge in [0, 0.05) is 11.9 Å². The molecule has 1 rings (SSSR count). The van der Waals surface area contributed by atoms with Crippen LogP contribution in [0.1, 0.15) is 24.0 Å². The molecule has 0 amide bonds. The zero-order chi connectivity index (χ0) is 8.27. The van der Waals surface area contributed by atoms with Gasteiger partial charge in [-0.3, -0.25) is 0 Å². The van der Waals surface area contributed by atoms with E-state index in [1.165, 1.54) is 0 Å². The number of aryl methyl sites for hydroxylation is 2. The van der Waals surface area contributed by atoms with Crippen LogP contribution in [-0.2, 0) is 0 Å². The number of allylic oxidation sites excluding steroid dienone is 1. The van der Waals surface area contributed by atoms with Crippen LogP contribution >= 0.6 is 0 Å². The first kappa shape index (κ1) is 7.92. The van der Waals surface area contributed by atoms with Gasteiger partial charge in [-0.05, 0) is 32.4 Å².